The van der Waals surface area contributed by atoms with Gasteiger partial charge in [-0.05, 0) is 19.8 Å². The molecule has 0 aromatic rings. The Labute approximate surface area is 108 Å². The Bertz CT molecular complexity index is 331. The number of methoxy groups -OCH3 is 1. The molecule has 0 heterocycles. The minimum absolute atomic E-state index is 0.0527. The molecule has 2 unspecified atom stereocenters. The first-order valence-corrected chi connectivity index (χ1v) is 5.42. The van der Waals surface area contributed by atoms with E-state index < -0.39 is 29.6 Å². The summed E-state index contributed by atoms with van der Waals surface area (Å²) < 4.78 is 42.2. The molecule has 0 aliphatic carbocycles. The molecule has 0 bridgehead atoms. The molecule has 112 valence electrons. The predicted octanol–water partition coefficient (Wildman–Crippen LogP) is 0.262. The summed E-state index contributed by atoms with van der Waals surface area (Å²) in [6, 6.07) is -1.44. The molecule has 19 heavy (non-hydrogen) atoms. The van der Waals surface area contributed by atoms with Crippen molar-refractivity contribution in [2.75, 3.05) is 13.7 Å². The maximum Gasteiger partial charge on any atom is 0.415 e. The van der Waals surface area contributed by atoms with Crippen LogP contribution in [-0.2, 0) is 14.3 Å². The number of nitrogens with one attached hydrogen (secondary N) is 1. The van der Waals surface area contributed by atoms with E-state index in [1.807, 2.05) is 0 Å². The number of ether oxygens (including phenoxy) is 1. The van der Waals surface area contributed by atoms with Crippen molar-refractivity contribution in [3.63, 3.8) is 0 Å². The molecule has 0 aromatic heterocycles. The van der Waals surface area contributed by atoms with Gasteiger partial charge in [0.2, 0.25) is 5.91 Å². The van der Waals surface area contributed by atoms with Gasteiger partial charge in [-0.25, -0.2) is 4.79 Å². The highest BCUT2D eigenvalue weighted by atomic mass is 19.4. The van der Waals surface area contributed by atoms with E-state index in [0.29, 0.717) is 6.92 Å². The maximum atomic E-state index is 12.5. The van der Waals surface area contributed by atoms with Crippen molar-refractivity contribution in [1.82, 2.24) is 5.32 Å². The molecule has 0 aromatic carbocycles. The number of alkyl halides is 3. The van der Waals surface area contributed by atoms with E-state index in [0.717, 1.165) is 0 Å². The fourth-order valence-electron chi connectivity index (χ4n) is 1.13. The standard InChI is InChI=1S/C10H17F3N2O4/c1-9(14,10(11,12)13)8(18)15-6(7(16)17)4-3-5-19-2/h6H,3-5,14H2,1-2H3,(H,15,18)(H,16,17). The van der Waals surface area contributed by atoms with Gasteiger partial charge in [-0.15, -0.1) is 0 Å². The van der Waals surface area contributed by atoms with Crippen LogP contribution in [0.15, 0.2) is 0 Å². The Morgan fingerprint density at radius 3 is 2.32 bits per heavy atom. The van der Waals surface area contributed by atoms with Gasteiger partial charge in [0.05, 0.1) is 0 Å². The summed E-state index contributed by atoms with van der Waals surface area (Å²) in [5, 5.41) is 10.6. The maximum absolute atomic E-state index is 12.5. The van der Waals surface area contributed by atoms with E-state index in [1.54, 1.807) is 5.32 Å². The molecule has 1 amide bonds. The molecular weight excluding hydrogens is 269 g/mol. The number of amides is 1. The quantitative estimate of drug-likeness (QED) is 0.583. The molecule has 2 atom stereocenters. The number of halogens is 3. The minimum atomic E-state index is -4.97. The highest BCUT2D eigenvalue weighted by Gasteiger charge is 2.54. The van der Waals surface area contributed by atoms with Gasteiger partial charge in [0.1, 0.15) is 6.04 Å². The van der Waals surface area contributed by atoms with Crippen molar-refractivity contribution in [3.05, 3.63) is 0 Å². The van der Waals surface area contributed by atoms with E-state index >= 15 is 0 Å². The number of carboxylic acids is 1. The second-order valence-electron chi connectivity index (χ2n) is 4.20. The Kier molecular flexibility index (Phi) is 6.23. The first kappa shape index (κ1) is 17.6. The van der Waals surface area contributed by atoms with Crippen LogP contribution in [0.3, 0.4) is 0 Å². The van der Waals surface area contributed by atoms with Gasteiger partial charge in [0.25, 0.3) is 0 Å². The van der Waals surface area contributed by atoms with Gasteiger partial charge < -0.3 is 20.9 Å². The number of carbonyl (C=O) groups is 2. The Hall–Kier alpha value is -1.35. The van der Waals surface area contributed by atoms with Crippen molar-refractivity contribution in [3.8, 4) is 0 Å². The third-order valence-electron chi connectivity index (χ3n) is 2.51. The molecule has 4 N–H and O–H groups in total. The summed E-state index contributed by atoms with van der Waals surface area (Å²) in [5.41, 5.74) is 1.75. The zero-order chi connectivity index (χ0) is 15.3. The lowest BCUT2D eigenvalue weighted by Gasteiger charge is -2.27. The molecular formula is C10H17F3N2O4. The molecule has 0 radical (unpaired) electrons. The third kappa shape index (κ3) is 5.03. The zero-order valence-electron chi connectivity index (χ0n) is 10.6. The summed E-state index contributed by atoms with van der Waals surface area (Å²) in [6.07, 6.45) is -4.74. The topological polar surface area (TPSA) is 102 Å². The highest BCUT2D eigenvalue weighted by molar-refractivity contribution is 5.90. The molecule has 0 fully saturated rings. The molecule has 0 aliphatic rings. The molecule has 6 nitrogen and oxygen atoms in total. The smallest absolute Gasteiger partial charge is 0.415 e. The van der Waals surface area contributed by atoms with E-state index in [2.05, 4.69) is 4.74 Å². The molecule has 0 saturated carbocycles. The van der Waals surface area contributed by atoms with Crippen LogP contribution in [0.5, 0.6) is 0 Å². The SMILES string of the molecule is COCCCC(NC(=O)C(C)(N)C(F)(F)F)C(=O)O. The number of aliphatic carboxylic acids is 1. The van der Waals surface area contributed by atoms with Crippen molar-refractivity contribution in [1.29, 1.82) is 0 Å². The van der Waals surface area contributed by atoms with Crippen molar-refractivity contribution in [2.45, 2.75) is 37.5 Å². The van der Waals surface area contributed by atoms with Gasteiger partial charge in [0.15, 0.2) is 5.54 Å². The van der Waals surface area contributed by atoms with Gasteiger partial charge in [0, 0.05) is 13.7 Å². The first-order valence-electron chi connectivity index (χ1n) is 5.42. The second kappa shape index (κ2) is 6.71. The summed E-state index contributed by atoms with van der Waals surface area (Å²) in [5.74, 6) is -3.01. The third-order valence-corrected chi connectivity index (χ3v) is 2.51. The van der Waals surface area contributed by atoms with Crippen LogP contribution in [0.2, 0.25) is 0 Å². The van der Waals surface area contributed by atoms with Gasteiger partial charge in [-0.2, -0.15) is 13.2 Å². The van der Waals surface area contributed by atoms with Crippen LogP contribution >= 0.6 is 0 Å². The molecule has 0 saturated heterocycles. The van der Waals surface area contributed by atoms with Crippen LogP contribution in [-0.4, -0.2) is 48.5 Å². The number of rotatable bonds is 7. The summed E-state index contributed by atoms with van der Waals surface area (Å²) in [7, 11) is 1.40. The monoisotopic (exact) mass is 286 g/mol. The van der Waals surface area contributed by atoms with Crippen LogP contribution in [0, 0.1) is 0 Å². The fraction of sp³-hybridized carbons (Fsp3) is 0.800. The lowest BCUT2D eigenvalue weighted by Crippen LogP contribution is -2.63. The Morgan fingerprint density at radius 2 is 1.95 bits per heavy atom. The number of nitrogens with two attached hydrogens (primary N) is 1. The van der Waals surface area contributed by atoms with E-state index in [9.17, 15) is 22.8 Å². The van der Waals surface area contributed by atoms with E-state index in [1.165, 1.54) is 7.11 Å². The lowest BCUT2D eigenvalue weighted by molar-refractivity contribution is -0.188. The molecule has 0 rings (SSSR count). The van der Waals surface area contributed by atoms with Crippen LogP contribution in [0.25, 0.3) is 0 Å². The molecule has 0 aliphatic heterocycles. The Morgan fingerprint density at radius 1 is 1.42 bits per heavy atom. The van der Waals surface area contributed by atoms with Gasteiger partial charge in [-0.1, -0.05) is 0 Å². The average molecular weight is 286 g/mol. The first-order chi connectivity index (χ1) is 8.54. The van der Waals surface area contributed by atoms with Crippen molar-refractivity contribution >= 4 is 11.9 Å². The second-order valence-corrected chi connectivity index (χ2v) is 4.20. The number of carbonyl (C=O) groups excluding carboxylic acids is 1. The Balaban J connectivity index is 4.68. The fourth-order valence-corrected chi connectivity index (χ4v) is 1.13. The zero-order valence-corrected chi connectivity index (χ0v) is 10.6. The molecule has 9 heteroatoms. The van der Waals surface area contributed by atoms with Crippen molar-refractivity contribution < 1.29 is 32.6 Å². The van der Waals surface area contributed by atoms with Gasteiger partial charge in [-0.3, -0.25) is 4.79 Å². The lowest BCUT2D eigenvalue weighted by atomic mass is 10.0. The number of hydrogen-bond donors (Lipinski definition) is 3. The van der Waals surface area contributed by atoms with Crippen LogP contribution in [0.4, 0.5) is 13.2 Å². The average Bonchev–Trinajstić information content (AvgIpc) is 2.25. The number of hydrogen-bond acceptors (Lipinski definition) is 4. The summed E-state index contributed by atoms with van der Waals surface area (Å²) in [4.78, 5) is 22.2. The summed E-state index contributed by atoms with van der Waals surface area (Å²) in [6.45, 7) is 0.717. The highest BCUT2D eigenvalue weighted by Crippen LogP contribution is 2.28. The largest absolute Gasteiger partial charge is 0.480 e. The van der Waals surface area contributed by atoms with Crippen LogP contribution < -0.4 is 11.1 Å². The van der Waals surface area contributed by atoms with Crippen molar-refractivity contribution in [2.24, 2.45) is 5.73 Å². The normalized spacial score (nSPS) is 16.5. The van der Waals surface area contributed by atoms with Crippen LogP contribution in [0.1, 0.15) is 19.8 Å². The number of carboxylic acid groups (broad SMARTS) is 1. The minimum Gasteiger partial charge on any atom is -0.480 e. The summed E-state index contributed by atoms with van der Waals surface area (Å²) >= 11 is 0. The predicted molar refractivity (Wildman–Crippen MR) is 59.3 cm³/mol. The van der Waals surface area contributed by atoms with E-state index in [-0.39, 0.29) is 19.4 Å². The van der Waals surface area contributed by atoms with E-state index in [4.69, 9.17) is 10.8 Å². The van der Waals surface area contributed by atoms with Gasteiger partial charge >= 0.3 is 12.1 Å². The molecule has 0 spiro atoms.